The maximum absolute atomic E-state index is 6.48. The molecule has 25 heavy (non-hydrogen) atoms. The zero-order valence-electron chi connectivity index (χ0n) is 14.5. The van der Waals surface area contributed by atoms with Gasteiger partial charge in [0.1, 0.15) is 0 Å². The third kappa shape index (κ3) is 3.17. The Morgan fingerprint density at radius 1 is 1.20 bits per heavy atom. The maximum Gasteiger partial charge on any atom is 0.236 e. The Hall–Kier alpha value is -1.20. The molecule has 0 spiro atoms. The number of aliphatic imine (C=N–C) groups is 1. The van der Waals surface area contributed by atoms with Gasteiger partial charge in [-0.3, -0.25) is 0 Å². The molecule has 0 saturated carbocycles. The lowest BCUT2D eigenvalue weighted by molar-refractivity contribution is 0.346. The normalized spacial score (nSPS) is 23.5. The van der Waals surface area contributed by atoms with Crippen molar-refractivity contribution in [2.75, 3.05) is 32.1 Å². The van der Waals surface area contributed by atoms with Gasteiger partial charge in [0.25, 0.3) is 0 Å². The van der Waals surface area contributed by atoms with Crippen molar-refractivity contribution in [2.45, 2.75) is 19.3 Å². The number of anilines is 1. The lowest BCUT2D eigenvalue weighted by atomic mass is 10.2. The SMILES string of the molecule is CN(C)c1ccc2c(c1)N=C(c1cccs1)OP2(=S)N1CCCCC1. The minimum absolute atomic E-state index is 0.687. The van der Waals surface area contributed by atoms with Gasteiger partial charge in [-0.15, -0.1) is 11.3 Å². The van der Waals surface area contributed by atoms with Crippen LogP contribution < -0.4 is 10.2 Å². The highest BCUT2D eigenvalue weighted by atomic mass is 32.4. The van der Waals surface area contributed by atoms with Crippen LogP contribution in [0, 0.1) is 0 Å². The van der Waals surface area contributed by atoms with E-state index in [4.69, 9.17) is 21.3 Å². The van der Waals surface area contributed by atoms with Gasteiger partial charge in [0, 0.05) is 32.9 Å². The molecule has 1 aromatic carbocycles. The predicted molar refractivity (Wildman–Crippen MR) is 112 cm³/mol. The number of thiophene rings is 1. The van der Waals surface area contributed by atoms with Crippen molar-refractivity contribution in [2.24, 2.45) is 4.99 Å². The second-order valence-corrected chi connectivity index (χ2v) is 11.3. The molecule has 2 aliphatic heterocycles. The minimum Gasteiger partial charge on any atom is -0.430 e. The van der Waals surface area contributed by atoms with Crippen LogP contribution in [0.1, 0.15) is 24.1 Å². The van der Waals surface area contributed by atoms with Gasteiger partial charge in [-0.1, -0.05) is 12.5 Å². The van der Waals surface area contributed by atoms with Crippen molar-refractivity contribution in [1.29, 1.82) is 0 Å². The third-order valence-electron chi connectivity index (χ3n) is 4.65. The molecule has 3 heterocycles. The van der Waals surface area contributed by atoms with Gasteiger partial charge in [-0.05, 0) is 54.3 Å². The summed E-state index contributed by atoms with van der Waals surface area (Å²) in [7, 11) is 4.09. The summed E-state index contributed by atoms with van der Waals surface area (Å²) >= 11 is 7.86. The van der Waals surface area contributed by atoms with Crippen LogP contribution in [-0.4, -0.2) is 37.8 Å². The van der Waals surface area contributed by atoms with Crippen LogP contribution in [0.4, 0.5) is 11.4 Å². The summed E-state index contributed by atoms with van der Waals surface area (Å²) in [5, 5.41) is 3.15. The van der Waals surface area contributed by atoms with Crippen LogP contribution in [0.3, 0.4) is 0 Å². The molecule has 0 aliphatic carbocycles. The number of rotatable bonds is 3. The van der Waals surface area contributed by atoms with Crippen LogP contribution in [0.5, 0.6) is 0 Å². The van der Waals surface area contributed by atoms with Crippen LogP contribution in [0.15, 0.2) is 40.7 Å². The largest absolute Gasteiger partial charge is 0.430 e. The summed E-state index contributed by atoms with van der Waals surface area (Å²) in [5.74, 6) is 0.687. The molecule has 0 amide bonds. The van der Waals surface area contributed by atoms with Crippen molar-refractivity contribution >= 4 is 52.1 Å². The Morgan fingerprint density at radius 3 is 2.68 bits per heavy atom. The fourth-order valence-electron chi connectivity index (χ4n) is 3.27. The van der Waals surface area contributed by atoms with Crippen molar-refractivity contribution in [3.8, 4) is 0 Å². The fourth-order valence-corrected chi connectivity index (χ4v) is 7.51. The Kier molecular flexibility index (Phi) is 4.71. The van der Waals surface area contributed by atoms with Crippen molar-refractivity contribution < 1.29 is 4.52 Å². The predicted octanol–water partition coefficient (Wildman–Crippen LogP) is 4.34. The minimum atomic E-state index is -2.30. The highest BCUT2D eigenvalue weighted by molar-refractivity contribution is 8.15. The van der Waals surface area contributed by atoms with Crippen LogP contribution in [-0.2, 0) is 16.3 Å². The van der Waals surface area contributed by atoms with E-state index in [0.717, 1.165) is 34.6 Å². The van der Waals surface area contributed by atoms with Crippen LogP contribution in [0.2, 0.25) is 0 Å². The summed E-state index contributed by atoms with van der Waals surface area (Å²) in [6.07, 6.45) is 1.37. The number of hydrogen-bond acceptors (Lipinski definition) is 5. The van der Waals surface area contributed by atoms with Gasteiger partial charge in [0.2, 0.25) is 12.3 Å². The molecule has 0 bridgehead atoms. The Bertz CT molecular complexity index is 842. The molecule has 1 fully saturated rings. The van der Waals surface area contributed by atoms with E-state index in [-0.39, 0.29) is 0 Å². The zero-order chi connectivity index (χ0) is 17.4. The van der Waals surface area contributed by atoms with Crippen LogP contribution in [0.25, 0.3) is 0 Å². The number of hydrogen-bond donors (Lipinski definition) is 0. The van der Waals surface area contributed by atoms with E-state index >= 15 is 0 Å². The lowest BCUT2D eigenvalue weighted by Crippen LogP contribution is -2.34. The average molecular weight is 392 g/mol. The van der Waals surface area contributed by atoms with E-state index in [9.17, 15) is 0 Å². The van der Waals surface area contributed by atoms with Gasteiger partial charge in [0.15, 0.2) is 0 Å². The van der Waals surface area contributed by atoms with Gasteiger partial charge < -0.3 is 9.42 Å². The molecule has 1 aromatic heterocycles. The molecule has 0 radical (unpaired) electrons. The first-order valence-electron chi connectivity index (χ1n) is 8.57. The number of nitrogens with zero attached hydrogens (tertiary/aromatic N) is 3. The first kappa shape index (κ1) is 17.2. The second kappa shape index (κ2) is 6.84. The zero-order valence-corrected chi connectivity index (χ0v) is 17.0. The molecule has 1 saturated heterocycles. The van der Waals surface area contributed by atoms with Crippen LogP contribution >= 0.6 is 17.8 Å². The molecule has 2 aliphatic rings. The van der Waals surface area contributed by atoms with E-state index in [2.05, 4.69) is 39.2 Å². The molecule has 0 N–H and O–H groups in total. The summed E-state index contributed by atoms with van der Waals surface area (Å²) in [6, 6.07) is 10.5. The quantitative estimate of drug-likeness (QED) is 0.728. The lowest BCUT2D eigenvalue weighted by Gasteiger charge is -2.39. The summed E-state index contributed by atoms with van der Waals surface area (Å²) in [6.45, 7) is 2.04. The second-order valence-electron chi connectivity index (χ2n) is 6.59. The van der Waals surface area contributed by atoms with Gasteiger partial charge in [-0.2, -0.15) is 0 Å². The monoisotopic (exact) mass is 391 g/mol. The summed E-state index contributed by atoms with van der Waals surface area (Å²) < 4.78 is 8.89. The van der Waals surface area contributed by atoms with Gasteiger partial charge >= 0.3 is 0 Å². The van der Waals surface area contributed by atoms with Crippen molar-refractivity contribution in [1.82, 2.24) is 4.67 Å². The smallest absolute Gasteiger partial charge is 0.236 e. The van der Waals surface area contributed by atoms with Crippen molar-refractivity contribution in [3.05, 3.63) is 40.6 Å². The molecule has 2 aromatic rings. The molecule has 4 nitrogen and oxygen atoms in total. The maximum atomic E-state index is 6.48. The highest BCUT2D eigenvalue weighted by Crippen LogP contribution is 2.56. The molecule has 1 atom stereocenters. The van der Waals surface area contributed by atoms with E-state index < -0.39 is 6.42 Å². The first-order chi connectivity index (χ1) is 12.1. The molecular formula is C18H22N3OPS2. The van der Waals surface area contributed by atoms with Crippen molar-refractivity contribution in [3.63, 3.8) is 0 Å². The highest BCUT2D eigenvalue weighted by Gasteiger charge is 2.38. The van der Waals surface area contributed by atoms with Gasteiger partial charge in [-0.25, -0.2) is 9.66 Å². The molecule has 132 valence electrons. The summed E-state index contributed by atoms with van der Waals surface area (Å²) in [5.41, 5.74) is 2.10. The Morgan fingerprint density at radius 2 is 2.00 bits per heavy atom. The van der Waals surface area contributed by atoms with E-state index in [1.165, 1.54) is 19.3 Å². The first-order valence-corrected chi connectivity index (χ1v) is 12.1. The Balaban J connectivity index is 1.84. The molecule has 7 heteroatoms. The standard InChI is InChI=1S/C18H22N3OPS2/c1-20(2)14-8-9-16-15(13-14)19-18(17-7-6-12-25-17)22-23(16,24)21-10-4-3-5-11-21/h6-9,12-13H,3-5,10-11H2,1-2H3. The molecule has 1 unspecified atom stereocenters. The summed E-state index contributed by atoms with van der Waals surface area (Å²) in [4.78, 5) is 7.98. The topological polar surface area (TPSA) is 28.1 Å². The number of piperidine rings is 1. The van der Waals surface area contributed by atoms with E-state index in [0.29, 0.717) is 5.90 Å². The molecular weight excluding hydrogens is 369 g/mol. The Labute approximate surface area is 158 Å². The third-order valence-corrected chi connectivity index (χ3v) is 9.57. The molecule has 4 rings (SSSR count). The van der Waals surface area contributed by atoms with E-state index in [1.54, 1.807) is 11.3 Å². The number of fused-ring (bicyclic) bond motifs is 1. The fraction of sp³-hybridized carbons (Fsp3) is 0.389. The number of benzene rings is 1. The van der Waals surface area contributed by atoms with E-state index in [1.807, 2.05) is 20.2 Å². The average Bonchev–Trinajstić information content (AvgIpc) is 3.16. The van der Waals surface area contributed by atoms with Gasteiger partial charge in [0.05, 0.1) is 15.9 Å².